The van der Waals surface area contributed by atoms with Gasteiger partial charge in [0.05, 0.1) is 79.2 Å². The number of hydrogen-bond acceptors (Lipinski definition) is 15. The summed E-state index contributed by atoms with van der Waals surface area (Å²) in [4.78, 5) is 41.5. The molecular weight excluding hydrogens is 694 g/mol. The molecule has 0 fully saturated rings. The highest BCUT2D eigenvalue weighted by Gasteiger charge is 2.16. The fourth-order valence-electron chi connectivity index (χ4n) is 4.11. The van der Waals surface area contributed by atoms with E-state index in [1.54, 1.807) is 32.6 Å². The molecule has 0 aliphatic rings. The maximum absolute atomic E-state index is 12.9. The number of hydrogen-bond donors (Lipinski definition) is 3. The molecule has 0 aliphatic carbocycles. The van der Waals surface area contributed by atoms with Gasteiger partial charge in [0.2, 0.25) is 17.6 Å². The van der Waals surface area contributed by atoms with Gasteiger partial charge in [-0.25, -0.2) is 4.79 Å². The van der Waals surface area contributed by atoms with E-state index in [1.165, 1.54) is 0 Å². The van der Waals surface area contributed by atoms with E-state index >= 15 is 0 Å². The Balaban J connectivity index is 1.69. The number of alkyl carbamates (subject to hydrolysis) is 1. The number of carbonyl (C=O) groups is 3. The van der Waals surface area contributed by atoms with Crippen LogP contribution in [0.3, 0.4) is 0 Å². The van der Waals surface area contributed by atoms with Gasteiger partial charge in [0.25, 0.3) is 0 Å². The lowest BCUT2D eigenvalue weighted by Crippen LogP contribution is -2.44. The number of amides is 3. The fraction of sp³-hybridized carbons (Fsp3) is 0.667. The average molecular weight is 748 g/mol. The summed E-state index contributed by atoms with van der Waals surface area (Å²) in [7, 11) is 0. The highest BCUT2D eigenvalue weighted by Crippen LogP contribution is 2.14. The third-order valence-corrected chi connectivity index (χ3v) is 6.57. The third-order valence-electron chi connectivity index (χ3n) is 6.57. The minimum absolute atomic E-state index is 0.0241. The summed E-state index contributed by atoms with van der Waals surface area (Å²) < 4.78 is 32.5. The highest BCUT2D eigenvalue weighted by molar-refractivity contribution is 5.81. The van der Waals surface area contributed by atoms with Gasteiger partial charge in [-0.15, -0.1) is 20.4 Å². The Morgan fingerprint density at radius 1 is 0.736 bits per heavy atom. The van der Waals surface area contributed by atoms with Crippen molar-refractivity contribution in [3.8, 4) is 11.4 Å². The lowest BCUT2D eigenvalue weighted by atomic mass is 10.1. The van der Waals surface area contributed by atoms with Crippen LogP contribution >= 0.6 is 0 Å². The molecule has 0 atom stereocenters. The van der Waals surface area contributed by atoms with Crippen LogP contribution in [0.4, 0.5) is 4.79 Å². The van der Waals surface area contributed by atoms with E-state index in [2.05, 4.69) is 46.4 Å². The lowest BCUT2D eigenvalue weighted by molar-refractivity contribution is -0.125. The minimum Gasteiger partial charge on any atom is -0.444 e. The number of benzene rings is 1. The molecule has 1 aromatic heterocycles. The van der Waals surface area contributed by atoms with E-state index in [1.807, 2.05) is 24.3 Å². The first-order chi connectivity index (χ1) is 25.6. The summed E-state index contributed by atoms with van der Waals surface area (Å²) in [5, 5.41) is 27.6. The topological polar surface area (TPSA) is 246 Å². The zero-order chi connectivity index (χ0) is 38.6. The van der Waals surface area contributed by atoms with E-state index in [0.717, 1.165) is 11.1 Å². The predicted molar refractivity (Wildman–Crippen MR) is 191 cm³/mol. The van der Waals surface area contributed by atoms with Gasteiger partial charge < -0.3 is 44.4 Å². The first-order valence-electron chi connectivity index (χ1n) is 17.3. The monoisotopic (exact) mass is 747 g/mol. The number of ether oxygens (including phenoxy) is 6. The number of azide groups is 1. The molecule has 2 aromatic rings. The first kappa shape index (κ1) is 44.6. The maximum Gasteiger partial charge on any atom is 0.407 e. The second kappa shape index (κ2) is 27.1. The molecule has 0 spiro atoms. The summed E-state index contributed by atoms with van der Waals surface area (Å²) in [5.41, 5.74) is 9.32. The Morgan fingerprint density at radius 3 is 1.85 bits per heavy atom. The van der Waals surface area contributed by atoms with Crippen LogP contribution in [0.2, 0.25) is 0 Å². The zero-order valence-corrected chi connectivity index (χ0v) is 31.1. The van der Waals surface area contributed by atoms with Crippen molar-refractivity contribution >= 4 is 17.9 Å². The van der Waals surface area contributed by atoms with Gasteiger partial charge in [-0.3, -0.25) is 14.5 Å². The predicted octanol–water partition coefficient (Wildman–Crippen LogP) is 1.19. The quantitative estimate of drug-likeness (QED) is 0.0479. The van der Waals surface area contributed by atoms with Crippen LogP contribution in [0.5, 0.6) is 0 Å². The number of aryl methyl sites for hydroxylation is 1. The fourth-order valence-corrected chi connectivity index (χ4v) is 4.11. The Morgan fingerprint density at radius 2 is 1.26 bits per heavy atom. The van der Waals surface area contributed by atoms with Gasteiger partial charge in [0.15, 0.2) is 5.82 Å². The Hall–Kier alpha value is -4.56. The maximum atomic E-state index is 12.9. The molecule has 2 rings (SSSR count). The molecule has 53 heavy (non-hydrogen) atoms. The van der Waals surface area contributed by atoms with Crippen LogP contribution in [0.1, 0.15) is 32.2 Å². The second-order valence-electron chi connectivity index (χ2n) is 12.3. The number of rotatable bonds is 28. The summed E-state index contributed by atoms with van der Waals surface area (Å²) in [6.45, 7) is 11.7. The lowest BCUT2D eigenvalue weighted by Gasteiger charge is -2.21. The van der Waals surface area contributed by atoms with Crippen molar-refractivity contribution in [2.75, 3.05) is 105 Å². The zero-order valence-electron chi connectivity index (χ0n) is 31.1. The Bertz CT molecular complexity index is 1370. The number of aromatic nitrogens is 4. The van der Waals surface area contributed by atoms with Crippen molar-refractivity contribution in [3.63, 3.8) is 0 Å². The largest absolute Gasteiger partial charge is 0.444 e. The van der Waals surface area contributed by atoms with Crippen LogP contribution in [0.25, 0.3) is 21.8 Å². The minimum atomic E-state index is -0.558. The molecule has 1 aromatic carbocycles. The Kier molecular flexibility index (Phi) is 22.8. The van der Waals surface area contributed by atoms with E-state index in [9.17, 15) is 14.4 Å². The van der Waals surface area contributed by atoms with Crippen molar-refractivity contribution in [2.45, 2.75) is 39.8 Å². The molecule has 0 aliphatic heterocycles. The summed E-state index contributed by atoms with van der Waals surface area (Å²) in [5.74, 6) is 0.359. The molecule has 0 unspecified atom stereocenters. The molecule has 0 saturated heterocycles. The van der Waals surface area contributed by atoms with Gasteiger partial charge in [0.1, 0.15) is 5.60 Å². The van der Waals surface area contributed by atoms with Crippen molar-refractivity contribution in [3.05, 3.63) is 46.1 Å². The van der Waals surface area contributed by atoms with Crippen molar-refractivity contribution in [2.24, 2.45) is 5.11 Å². The van der Waals surface area contributed by atoms with Gasteiger partial charge in [-0.1, -0.05) is 29.4 Å². The molecule has 0 bridgehead atoms. The van der Waals surface area contributed by atoms with E-state index in [-0.39, 0.29) is 57.8 Å². The standard InChI is InChI=1S/C33H53N11O9/c1-26-39-41-31(42-40-26)28-7-5-27(6-8-28)23-37-30(46)25-44(24-29(45)35-9-13-48-17-18-50-15-11-38-43-34)12-16-51-20-22-52-21-19-49-14-10-36-32(47)53-33(2,3)4/h5-8H,9-25H2,1-4H3,(H,35,45)(H,36,47)(H,37,46). The van der Waals surface area contributed by atoms with Crippen LogP contribution in [-0.2, 0) is 44.6 Å². The van der Waals surface area contributed by atoms with Crippen molar-refractivity contribution in [1.82, 2.24) is 41.2 Å². The molecule has 3 amide bonds. The molecule has 294 valence electrons. The van der Waals surface area contributed by atoms with E-state index in [4.69, 9.17) is 34.0 Å². The van der Waals surface area contributed by atoms with Gasteiger partial charge in [-0.05, 0) is 38.8 Å². The third kappa shape index (κ3) is 23.6. The summed E-state index contributed by atoms with van der Waals surface area (Å²) in [6, 6.07) is 7.37. The van der Waals surface area contributed by atoms with E-state index < -0.39 is 11.7 Å². The molecule has 20 heteroatoms. The second-order valence-corrected chi connectivity index (χ2v) is 12.3. The number of nitrogens with one attached hydrogen (secondary N) is 3. The smallest absolute Gasteiger partial charge is 0.407 e. The average Bonchev–Trinajstić information content (AvgIpc) is 3.11. The van der Waals surface area contributed by atoms with E-state index in [0.29, 0.717) is 77.6 Å². The van der Waals surface area contributed by atoms with Gasteiger partial charge in [-0.2, -0.15) is 0 Å². The number of nitrogens with zero attached hydrogens (tertiary/aromatic N) is 8. The van der Waals surface area contributed by atoms with Gasteiger partial charge >= 0.3 is 6.09 Å². The van der Waals surface area contributed by atoms with Crippen LogP contribution in [-0.4, -0.2) is 154 Å². The molecule has 1 heterocycles. The molecule has 3 N–H and O–H groups in total. The Labute approximate surface area is 309 Å². The SMILES string of the molecule is Cc1nnc(-c2ccc(CNC(=O)CN(CCOCCOCCOCCNC(=O)OC(C)(C)C)CC(=O)NCCOCCOCCN=[N+]=[N-])cc2)nn1. The highest BCUT2D eigenvalue weighted by atomic mass is 16.6. The van der Waals surface area contributed by atoms with Crippen LogP contribution < -0.4 is 16.0 Å². The number of carbonyl (C=O) groups excluding carboxylic acids is 3. The first-order valence-corrected chi connectivity index (χ1v) is 17.3. The molecule has 0 saturated carbocycles. The van der Waals surface area contributed by atoms with Crippen molar-refractivity contribution < 1.29 is 42.8 Å². The van der Waals surface area contributed by atoms with Crippen molar-refractivity contribution in [1.29, 1.82) is 0 Å². The normalized spacial score (nSPS) is 11.2. The van der Waals surface area contributed by atoms with Gasteiger partial charge in [0, 0.05) is 43.2 Å². The molecular formula is C33H53N11O9. The van der Waals surface area contributed by atoms with Crippen LogP contribution in [0, 0.1) is 6.92 Å². The summed E-state index contributed by atoms with van der Waals surface area (Å²) >= 11 is 0. The molecule has 0 radical (unpaired) electrons. The molecule has 20 nitrogen and oxygen atoms in total. The summed E-state index contributed by atoms with van der Waals surface area (Å²) in [6.07, 6.45) is -0.494. The van der Waals surface area contributed by atoms with Crippen LogP contribution in [0.15, 0.2) is 29.4 Å².